The van der Waals surface area contributed by atoms with Crippen LogP contribution in [0.1, 0.15) is 59.1 Å². The summed E-state index contributed by atoms with van der Waals surface area (Å²) in [5.74, 6) is 0. The molecule has 2 aromatic rings. The third-order valence-electron chi connectivity index (χ3n) is 2.36. The molecule has 19 heavy (non-hydrogen) atoms. The smallest absolute Gasteiger partial charge is 0.0152 e. The van der Waals surface area contributed by atoms with Crippen molar-refractivity contribution >= 4 is 10.8 Å². The zero-order valence-corrected chi connectivity index (χ0v) is 14.2. The Bertz CT molecular complexity index is 386. The van der Waals surface area contributed by atoms with E-state index in [4.69, 9.17) is 0 Å². The molecule has 0 heteroatoms. The summed E-state index contributed by atoms with van der Waals surface area (Å²) in [6, 6.07) is 12.9. The molecule has 0 aromatic heterocycles. The summed E-state index contributed by atoms with van der Waals surface area (Å²) in [5.41, 5.74) is 2.72. The Balaban J connectivity index is 0. The first-order valence-electron chi connectivity index (χ1n) is 7.65. The Hall–Kier alpha value is -1.30. The zero-order chi connectivity index (χ0) is 15.3. The van der Waals surface area contributed by atoms with Crippen molar-refractivity contribution in [3.63, 3.8) is 0 Å². The van der Waals surface area contributed by atoms with E-state index in [1.165, 1.54) is 28.3 Å². The molecule has 0 aliphatic heterocycles. The van der Waals surface area contributed by atoms with Crippen molar-refractivity contribution < 1.29 is 0 Å². The molecule has 0 radical (unpaired) electrons. The average molecular weight is 260 g/mol. The van der Waals surface area contributed by atoms with Crippen LogP contribution in [0.4, 0.5) is 0 Å². The first-order chi connectivity index (χ1) is 9.20. The molecule has 0 fully saturated rings. The molecule has 0 unspecified atom stereocenters. The van der Waals surface area contributed by atoms with Gasteiger partial charge in [-0.1, -0.05) is 84.4 Å². The molecule has 0 nitrogen and oxygen atoms in total. The van der Waals surface area contributed by atoms with Crippen LogP contribution in [0.25, 0.3) is 10.8 Å². The minimum atomic E-state index is 1.25. The van der Waals surface area contributed by atoms with Crippen LogP contribution in [0.2, 0.25) is 0 Å². The van der Waals surface area contributed by atoms with Gasteiger partial charge in [-0.05, 0) is 35.7 Å². The molecule has 0 heterocycles. The van der Waals surface area contributed by atoms with E-state index in [9.17, 15) is 0 Å². The van der Waals surface area contributed by atoms with Gasteiger partial charge in [0, 0.05) is 0 Å². The first-order valence-corrected chi connectivity index (χ1v) is 7.65. The lowest BCUT2D eigenvalue weighted by atomic mass is 10.0. The molecule has 108 valence electrons. The summed E-state index contributed by atoms with van der Waals surface area (Å²) in [6.45, 7) is 16.6. The van der Waals surface area contributed by atoms with Crippen molar-refractivity contribution in [1.29, 1.82) is 0 Å². The van der Waals surface area contributed by atoms with E-state index in [1.807, 2.05) is 27.7 Å². The van der Waals surface area contributed by atoms with Crippen LogP contribution < -0.4 is 0 Å². The number of hydrogen-bond acceptors (Lipinski definition) is 0. The quantitative estimate of drug-likeness (QED) is 0.482. The molecule has 0 saturated carbocycles. The monoisotopic (exact) mass is 260 g/mol. The van der Waals surface area contributed by atoms with Gasteiger partial charge in [-0.15, -0.1) is 0 Å². The van der Waals surface area contributed by atoms with Crippen LogP contribution in [-0.4, -0.2) is 0 Å². The van der Waals surface area contributed by atoms with Gasteiger partial charge in [-0.2, -0.15) is 0 Å². The fourth-order valence-electron chi connectivity index (χ4n) is 1.60. The Morgan fingerprint density at radius 1 is 0.632 bits per heavy atom. The standard InChI is InChI=1S/C12H12.C3H8.2C2H6/c1-9-7-8-10(2)12-6-4-3-5-11(9)12;1-3-2;2*1-2/h3-8H,1-2H3;3H2,1-2H3;2*1-2H3. The maximum absolute atomic E-state index is 2.18. The molecule has 0 atom stereocenters. The van der Waals surface area contributed by atoms with Crippen LogP contribution in [0.15, 0.2) is 36.4 Å². The van der Waals surface area contributed by atoms with Crippen molar-refractivity contribution in [1.82, 2.24) is 0 Å². The Labute approximate surface area is 120 Å². The second kappa shape index (κ2) is 13.1. The van der Waals surface area contributed by atoms with E-state index in [0.29, 0.717) is 0 Å². The molecule has 0 aliphatic carbocycles. The summed E-state index contributed by atoms with van der Waals surface area (Å²) in [5, 5.41) is 2.75. The van der Waals surface area contributed by atoms with Gasteiger partial charge in [0.25, 0.3) is 0 Å². The molecule has 0 bridgehead atoms. The van der Waals surface area contributed by atoms with Gasteiger partial charge in [-0.25, -0.2) is 0 Å². The van der Waals surface area contributed by atoms with Gasteiger partial charge in [0.1, 0.15) is 0 Å². The molecule has 2 rings (SSSR count). The second-order valence-corrected chi connectivity index (χ2v) is 3.95. The number of hydrogen-bond donors (Lipinski definition) is 0. The molecular weight excluding hydrogens is 228 g/mol. The van der Waals surface area contributed by atoms with Gasteiger partial charge in [0.2, 0.25) is 0 Å². The highest BCUT2D eigenvalue weighted by Gasteiger charge is 1.97. The molecule has 0 N–H and O–H groups in total. The van der Waals surface area contributed by atoms with E-state index in [-0.39, 0.29) is 0 Å². The second-order valence-electron chi connectivity index (χ2n) is 3.95. The van der Waals surface area contributed by atoms with E-state index in [0.717, 1.165) is 0 Å². The summed E-state index contributed by atoms with van der Waals surface area (Å²) in [6.07, 6.45) is 1.25. The SMILES string of the molecule is CC.CC.CCC.Cc1ccc(C)c2ccccc12. The first kappa shape index (κ1) is 20.0. The summed E-state index contributed by atoms with van der Waals surface area (Å²) < 4.78 is 0. The molecule has 0 amide bonds. The van der Waals surface area contributed by atoms with Gasteiger partial charge in [0.05, 0.1) is 0 Å². The Morgan fingerprint density at radius 3 is 1.16 bits per heavy atom. The van der Waals surface area contributed by atoms with Crippen LogP contribution in [0.5, 0.6) is 0 Å². The number of fused-ring (bicyclic) bond motifs is 1. The minimum Gasteiger partial charge on any atom is -0.0683 e. The Morgan fingerprint density at radius 2 is 0.895 bits per heavy atom. The number of benzene rings is 2. The highest BCUT2D eigenvalue weighted by Crippen LogP contribution is 2.20. The van der Waals surface area contributed by atoms with Crippen molar-refractivity contribution in [2.45, 2.75) is 61.8 Å². The highest BCUT2D eigenvalue weighted by atomic mass is 14.0. The van der Waals surface area contributed by atoms with Gasteiger partial charge in [0.15, 0.2) is 0 Å². The number of rotatable bonds is 0. The number of aryl methyl sites for hydroxylation is 2. The minimum absolute atomic E-state index is 1.25. The third-order valence-corrected chi connectivity index (χ3v) is 2.36. The summed E-state index contributed by atoms with van der Waals surface area (Å²) in [7, 11) is 0. The third kappa shape index (κ3) is 7.00. The molecule has 0 spiro atoms. The van der Waals surface area contributed by atoms with E-state index >= 15 is 0 Å². The van der Waals surface area contributed by atoms with Crippen molar-refractivity contribution in [2.75, 3.05) is 0 Å². The largest absolute Gasteiger partial charge is 0.0683 e. The summed E-state index contributed by atoms with van der Waals surface area (Å²) in [4.78, 5) is 0. The van der Waals surface area contributed by atoms with Crippen molar-refractivity contribution in [2.24, 2.45) is 0 Å². The lowest BCUT2D eigenvalue weighted by Gasteiger charge is -2.03. The lowest BCUT2D eigenvalue weighted by molar-refractivity contribution is 1.09. The maximum Gasteiger partial charge on any atom is -0.0152 e. The molecular formula is C19H32. The van der Waals surface area contributed by atoms with E-state index in [1.54, 1.807) is 0 Å². The topological polar surface area (TPSA) is 0 Å². The van der Waals surface area contributed by atoms with Gasteiger partial charge >= 0.3 is 0 Å². The van der Waals surface area contributed by atoms with Gasteiger partial charge in [-0.3, -0.25) is 0 Å². The average Bonchev–Trinajstić information content (AvgIpc) is 2.48. The molecule has 2 aromatic carbocycles. The van der Waals surface area contributed by atoms with E-state index in [2.05, 4.69) is 64.1 Å². The zero-order valence-electron chi connectivity index (χ0n) is 14.2. The Kier molecular flexibility index (Phi) is 13.8. The van der Waals surface area contributed by atoms with Crippen molar-refractivity contribution in [3.05, 3.63) is 47.5 Å². The fourth-order valence-corrected chi connectivity index (χ4v) is 1.60. The normalized spacial score (nSPS) is 8.21. The van der Waals surface area contributed by atoms with Crippen molar-refractivity contribution in [3.8, 4) is 0 Å². The summed E-state index contributed by atoms with van der Waals surface area (Å²) >= 11 is 0. The predicted octanol–water partition coefficient (Wildman–Crippen LogP) is 6.93. The van der Waals surface area contributed by atoms with E-state index < -0.39 is 0 Å². The molecule has 0 aliphatic rings. The predicted molar refractivity (Wildman–Crippen MR) is 92.1 cm³/mol. The maximum atomic E-state index is 2.18. The van der Waals surface area contributed by atoms with Crippen LogP contribution in [0, 0.1) is 13.8 Å². The van der Waals surface area contributed by atoms with Gasteiger partial charge < -0.3 is 0 Å². The van der Waals surface area contributed by atoms with Crippen LogP contribution in [-0.2, 0) is 0 Å². The van der Waals surface area contributed by atoms with Crippen LogP contribution >= 0.6 is 0 Å². The lowest BCUT2D eigenvalue weighted by Crippen LogP contribution is -1.80. The fraction of sp³-hybridized carbons (Fsp3) is 0.474. The van der Waals surface area contributed by atoms with Crippen LogP contribution in [0.3, 0.4) is 0 Å². The molecule has 0 saturated heterocycles. The highest BCUT2D eigenvalue weighted by molar-refractivity contribution is 5.88.